The molecule has 0 saturated carbocycles. The summed E-state index contributed by atoms with van der Waals surface area (Å²) in [5, 5.41) is 0. The molecule has 1 aromatic heterocycles. The Bertz CT molecular complexity index is 1010. The molecule has 2 saturated heterocycles. The van der Waals surface area contributed by atoms with E-state index in [1.807, 2.05) is 4.90 Å². The number of hydrogen-bond donors (Lipinski definition) is 1. The van der Waals surface area contributed by atoms with Crippen LogP contribution in [-0.4, -0.2) is 53.0 Å². The van der Waals surface area contributed by atoms with Crippen LogP contribution >= 0.6 is 0 Å². The Morgan fingerprint density at radius 3 is 2.44 bits per heavy atom. The summed E-state index contributed by atoms with van der Waals surface area (Å²) < 4.78 is 5.65. The molecule has 170 valence electrons. The second kappa shape index (κ2) is 8.98. The molecule has 0 spiro atoms. The first-order valence-electron chi connectivity index (χ1n) is 11.4. The van der Waals surface area contributed by atoms with E-state index in [1.54, 1.807) is 6.92 Å². The van der Waals surface area contributed by atoms with Crippen molar-refractivity contribution in [3.8, 4) is 0 Å². The van der Waals surface area contributed by atoms with E-state index in [-0.39, 0.29) is 11.8 Å². The highest BCUT2D eigenvalue weighted by Crippen LogP contribution is 2.39. The summed E-state index contributed by atoms with van der Waals surface area (Å²) in [5.41, 5.74) is 9.22. The third-order valence-electron chi connectivity index (χ3n) is 6.87. The van der Waals surface area contributed by atoms with Gasteiger partial charge in [0.05, 0.1) is 16.7 Å². The molecule has 2 aromatic rings. The number of rotatable bonds is 4. The molecule has 2 N–H and O–H groups in total. The van der Waals surface area contributed by atoms with Crippen LogP contribution in [0.15, 0.2) is 24.4 Å². The van der Waals surface area contributed by atoms with Gasteiger partial charge in [0, 0.05) is 38.4 Å². The zero-order valence-corrected chi connectivity index (χ0v) is 19.2. The number of hydrogen-bond acceptors (Lipinski definition) is 5. The number of likely N-dealkylation sites (tertiary alicyclic amines) is 1. The summed E-state index contributed by atoms with van der Waals surface area (Å²) in [7, 11) is 0. The highest BCUT2D eigenvalue weighted by molar-refractivity contribution is 5.93. The van der Waals surface area contributed by atoms with Gasteiger partial charge in [0.15, 0.2) is 0 Å². The fourth-order valence-corrected chi connectivity index (χ4v) is 5.20. The second-order valence-corrected chi connectivity index (χ2v) is 9.25. The minimum atomic E-state index is -0.552. The van der Waals surface area contributed by atoms with Crippen molar-refractivity contribution in [3.63, 3.8) is 0 Å². The van der Waals surface area contributed by atoms with Gasteiger partial charge in [-0.3, -0.25) is 9.59 Å². The van der Waals surface area contributed by atoms with Gasteiger partial charge in [-0.15, -0.1) is 0 Å². The maximum atomic E-state index is 14.1. The van der Waals surface area contributed by atoms with Crippen LogP contribution in [0.4, 0.5) is 0 Å². The average molecular weight is 437 g/mol. The molecule has 7 heteroatoms. The first-order chi connectivity index (χ1) is 15.3. The Kier molecular flexibility index (Phi) is 6.29. The predicted octanol–water partition coefficient (Wildman–Crippen LogP) is 2.96. The fourth-order valence-electron chi connectivity index (χ4n) is 5.20. The standard InChI is InChI=1S/C25H32N4O3/c1-16-11-17(2)13-20(12-16)25(6-9-32-10-7-25)24(31)29-8-4-5-19(15-29)23-27-14-21(22(26)30)18(3)28-23/h11-14,19H,4-10,15H2,1-3H3,(H2,26,30)/t19-/m0/s1. The van der Waals surface area contributed by atoms with E-state index in [2.05, 4.69) is 42.0 Å². The number of nitrogens with zero attached hydrogens (tertiary/aromatic N) is 3. The molecule has 2 fully saturated rings. The molecule has 2 aliphatic rings. The Morgan fingerprint density at radius 1 is 1.12 bits per heavy atom. The van der Waals surface area contributed by atoms with Crippen LogP contribution in [0.3, 0.4) is 0 Å². The van der Waals surface area contributed by atoms with E-state index in [1.165, 1.54) is 17.3 Å². The van der Waals surface area contributed by atoms with E-state index in [4.69, 9.17) is 10.5 Å². The van der Waals surface area contributed by atoms with Crippen molar-refractivity contribution < 1.29 is 14.3 Å². The molecule has 2 aliphatic heterocycles. The highest BCUT2D eigenvalue weighted by atomic mass is 16.5. The summed E-state index contributed by atoms with van der Waals surface area (Å²) in [6.45, 7) is 8.44. The lowest BCUT2D eigenvalue weighted by atomic mass is 9.72. The molecule has 3 heterocycles. The van der Waals surface area contributed by atoms with Crippen LogP contribution in [0.1, 0.15) is 70.2 Å². The number of carbonyl (C=O) groups excluding carboxylic acids is 2. The van der Waals surface area contributed by atoms with Crippen molar-refractivity contribution in [1.82, 2.24) is 14.9 Å². The van der Waals surface area contributed by atoms with Crippen LogP contribution < -0.4 is 5.73 Å². The molecule has 32 heavy (non-hydrogen) atoms. The maximum absolute atomic E-state index is 14.1. The van der Waals surface area contributed by atoms with Crippen LogP contribution in [0.2, 0.25) is 0 Å². The third kappa shape index (κ3) is 4.26. The van der Waals surface area contributed by atoms with Gasteiger partial charge >= 0.3 is 0 Å². The second-order valence-electron chi connectivity index (χ2n) is 9.25. The minimum absolute atomic E-state index is 0.0458. The summed E-state index contributed by atoms with van der Waals surface area (Å²) in [6.07, 6.45) is 4.71. The molecule has 2 amide bonds. The molecule has 1 aromatic carbocycles. The van der Waals surface area contributed by atoms with Crippen LogP contribution in [0, 0.1) is 20.8 Å². The Balaban J connectivity index is 1.62. The lowest BCUT2D eigenvalue weighted by molar-refractivity contribution is -0.142. The molecule has 1 atom stereocenters. The summed E-state index contributed by atoms with van der Waals surface area (Å²) in [4.78, 5) is 36.5. The van der Waals surface area contributed by atoms with E-state index < -0.39 is 11.3 Å². The number of aromatic nitrogens is 2. The van der Waals surface area contributed by atoms with Gasteiger partial charge in [-0.2, -0.15) is 0 Å². The number of benzene rings is 1. The van der Waals surface area contributed by atoms with E-state index in [0.29, 0.717) is 49.7 Å². The first-order valence-corrected chi connectivity index (χ1v) is 11.4. The van der Waals surface area contributed by atoms with Crippen molar-refractivity contribution >= 4 is 11.8 Å². The normalized spacial score (nSPS) is 20.7. The topological polar surface area (TPSA) is 98.4 Å². The van der Waals surface area contributed by atoms with Crippen molar-refractivity contribution in [2.75, 3.05) is 26.3 Å². The average Bonchev–Trinajstić information content (AvgIpc) is 2.78. The number of piperidine rings is 1. The van der Waals surface area contributed by atoms with Gasteiger partial charge in [0.2, 0.25) is 5.91 Å². The molecular weight excluding hydrogens is 404 g/mol. The van der Waals surface area contributed by atoms with E-state index >= 15 is 0 Å². The van der Waals surface area contributed by atoms with Gasteiger partial charge in [0.1, 0.15) is 5.82 Å². The summed E-state index contributed by atoms with van der Waals surface area (Å²) >= 11 is 0. The molecule has 0 aliphatic carbocycles. The largest absolute Gasteiger partial charge is 0.381 e. The first kappa shape index (κ1) is 22.4. The number of carbonyl (C=O) groups is 2. The Labute approximate surface area is 189 Å². The van der Waals surface area contributed by atoms with Crippen LogP contribution in [0.25, 0.3) is 0 Å². The number of ether oxygens (including phenoxy) is 1. The predicted molar refractivity (Wildman–Crippen MR) is 121 cm³/mol. The Morgan fingerprint density at radius 2 is 1.81 bits per heavy atom. The molecule has 7 nitrogen and oxygen atoms in total. The summed E-state index contributed by atoms with van der Waals surface area (Å²) in [5.74, 6) is 0.382. The zero-order valence-electron chi connectivity index (χ0n) is 19.2. The maximum Gasteiger partial charge on any atom is 0.252 e. The Hall–Kier alpha value is -2.80. The third-order valence-corrected chi connectivity index (χ3v) is 6.87. The lowest BCUT2D eigenvalue weighted by Gasteiger charge is -2.42. The summed E-state index contributed by atoms with van der Waals surface area (Å²) in [6, 6.07) is 6.46. The fraction of sp³-hybridized carbons (Fsp3) is 0.520. The number of primary amides is 1. The van der Waals surface area contributed by atoms with Crippen molar-refractivity contribution in [2.24, 2.45) is 5.73 Å². The van der Waals surface area contributed by atoms with Gasteiger partial charge in [-0.25, -0.2) is 9.97 Å². The molecule has 0 bridgehead atoms. The quantitative estimate of drug-likeness (QED) is 0.795. The SMILES string of the molecule is Cc1cc(C)cc(C2(C(=O)N3CCC[C@H](c4ncc(C(N)=O)c(C)n4)C3)CCOCC2)c1. The van der Waals surface area contributed by atoms with Gasteiger partial charge in [-0.05, 0) is 52.0 Å². The minimum Gasteiger partial charge on any atom is -0.381 e. The van der Waals surface area contributed by atoms with Crippen molar-refractivity contribution in [1.29, 1.82) is 0 Å². The number of nitrogens with two attached hydrogens (primary N) is 1. The number of aryl methyl sites for hydroxylation is 3. The van der Waals surface area contributed by atoms with Gasteiger partial charge in [0.25, 0.3) is 5.91 Å². The highest BCUT2D eigenvalue weighted by Gasteiger charge is 2.45. The van der Waals surface area contributed by atoms with Gasteiger partial charge in [-0.1, -0.05) is 29.3 Å². The molecule has 4 rings (SSSR count). The van der Waals surface area contributed by atoms with Crippen LogP contribution in [-0.2, 0) is 14.9 Å². The molecular formula is C25H32N4O3. The lowest BCUT2D eigenvalue weighted by Crippen LogP contribution is -2.52. The van der Waals surface area contributed by atoms with Crippen molar-refractivity contribution in [2.45, 2.75) is 57.8 Å². The van der Waals surface area contributed by atoms with E-state index in [0.717, 1.165) is 24.9 Å². The number of amides is 2. The monoisotopic (exact) mass is 436 g/mol. The smallest absolute Gasteiger partial charge is 0.252 e. The molecule has 0 unspecified atom stereocenters. The van der Waals surface area contributed by atoms with E-state index in [9.17, 15) is 9.59 Å². The zero-order chi connectivity index (χ0) is 22.9. The molecule has 0 radical (unpaired) electrons. The van der Waals surface area contributed by atoms with Crippen molar-refractivity contribution in [3.05, 3.63) is 58.2 Å². The van der Waals surface area contributed by atoms with Gasteiger partial charge < -0.3 is 15.4 Å². The van der Waals surface area contributed by atoms with Crippen LogP contribution in [0.5, 0.6) is 0 Å².